The smallest absolute Gasteiger partial charge is 0.439 e. The summed E-state index contributed by atoms with van der Waals surface area (Å²) in [6.07, 6.45) is -0.666. The Morgan fingerprint density at radius 3 is 2.40 bits per heavy atom. The molecule has 2 amide bonds. The highest BCUT2D eigenvalue weighted by atomic mass is 16.6. The van der Waals surface area contributed by atoms with Crippen LogP contribution in [0, 0.1) is 0 Å². The Kier molecular flexibility index (Phi) is 5.26. The summed E-state index contributed by atoms with van der Waals surface area (Å²) < 4.78 is 9.53. The molecule has 0 saturated carbocycles. The molecule has 0 fully saturated rings. The molecule has 0 bridgehead atoms. The molecule has 2 rings (SSSR count). The number of amides is 2. The van der Waals surface area contributed by atoms with Crippen LogP contribution >= 0.6 is 0 Å². The lowest BCUT2D eigenvalue weighted by Gasteiger charge is -2.21. The number of alkyl carbamates (subject to hydrolysis) is 1. The molecule has 1 aromatic carbocycles. The standard InChI is InChI=1S/C16H20N4O5/c1-9(17-14(22)24-16(2,3)4)13(21)18-11-7-5-10(6-8-11)12-19-15(23)25-20-12/h5-9H,1-4H3,(H,17,22)(H,18,21)(H,19,20,23). The van der Waals surface area contributed by atoms with Gasteiger partial charge in [0.05, 0.1) is 0 Å². The van der Waals surface area contributed by atoms with Gasteiger partial charge in [0.1, 0.15) is 11.6 Å². The number of aromatic nitrogens is 2. The van der Waals surface area contributed by atoms with Gasteiger partial charge in [-0.15, -0.1) is 0 Å². The van der Waals surface area contributed by atoms with Crippen LogP contribution in [0.1, 0.15) is 27.7 Å². The average molecular weight is 348 g/mol. The van der Waals surface area contributed by atoms with Crippen molar-refractivity contribution in [1.82, 2.24) is 15.5 Å². The van der Waals surface area contributed by atoms with Crippen molar-refractivity contribution in [3.8, 4) is 11.4 Å². The number of carbonyl (C=O) groups is 2. The predicted molar refractivity (Wildman–Crippen MR) is 90.0 cm³/mol. The molecule has 9 nitrogen and oxygen atoms in total. The number of ether oxygens (including phenoxy) is 1. The van der Waals surface area contributed by atoms with Gasteiger partial charge in [-0.05, 0) is 52.0 Å². The number of H-pyrrole nitrogens is 1. The van der Waals surface area contributed by atoms with Crippen LogP contribution in [-0.2, 0) is 9.53 Å². The van der Waals surface area contributed by atoms with Crippen molar-refractivity contribution in [2.24, 2.45) is 0 Å². The van der Waals surface area contributed by atoms with Gasteiger partial charge in [-0.1, -0.05) is 5.16 Å². The summed E-state index contributed by atoms with van der Waals surface area (Å²) in [7, 11) is 0. The van der Waals surface area contributed by atoms with Crippen molar-refractivity contribution < 1.29 is 18.8 Å². The van der Waals surface area contributed by atoms with E-state index in [0.717, 1.165) is 0 Å². The molecule has 1 aromatic heterocycles. The van der Waals surface area contributed by atoms with Gasteiger partial charge in [-0.25, -0.2) is 9.59 Å². The molecule has 0 spiro atoms. The zero-order chi connectivity index (χ0) is 18.6. The van der Waals surface area contributed by atoms with Gasteiger partial charge in [0.15, 0.2) is 5.82 Å². The van der Waals surface area contributed by atoms with Crippen LogP contribution in [0.4, 0.5) is 10.5 Å². The van der Waals surface area contributed by atoms with Crippen molar-refractivity contribution in [2.75, 3.05) is 5.32 Å². The minimum Gasteiger partial charge on any atom is -0.444 e. The van der Waals surface area contributed by atoms with Gasteiger partial charge in [-0.3, -0.25) is 14.3 Å². The number of nitrogens with zero attached hydrogens (tertiary/aromatic N) is 1. The van der Waals surface area contributed by atoms with Crippen molar-refractivity contribution in [3.63, 3.8) is 0 Å². The van der Waals surface area contributed by atoms with Gasteiger partial charge in [-0.2, -0.15) is 0 Å². The lowest BCUT2D eigenvalue weighted by molar-refractivity contribution is -0.117. The van der Waals surface area contributed by atoms with E-state index in [9.17, 15) is 14.4 Å². The Morgan fingerprint density at radius 2 is 1.88 bits per heavy atom. The monoisotopic (exact) mass is 348 g/mol. The van der Waals surface area contributed by atoms with Crippen molar-refractivity contribution in [2.45, 2.75) is 39.3 Å². The molecule has 2 aromatic rings. The van der Waals surface area contributed by atoms with Crippen LogP contribution in [0.5, 0.6) is 0 Å². The third-order valence-electron chi connectivity index (χ3n) is 2.99. The van der Waals surface area contributed by atoms with Crippen molar-refractivity contribution in [3.05, 3.63) is 34.8 Å². The Labute approximate surface area is 143 Å². The van der Waals surface area contributed by atoms with Crippen LogP contribution in [0.2, 0.25) is 0 Å². The SMILES string of the molecule is CC(NC(=O)OC(C)(C)C)C(=O)Nc1ccc(-c2noc(=O)[nH]2)cc1. The lowest BCUT2D eigenvalue weighted by atomic mass is 10.2. The topological polar surface area (TPSA) is 126 Å². The largest absolute Gasteiger partial charge is 0.444 e. The minimum absolute atomic E-state index is 0.294. The van der Waals surface area contributed by atoms with E-state index >= 15 is 0 Å². The summed E-state index contributed by atoms with van der Waals surface area (Å²) in [4.78, 5) is 37.2. The number of nitrogens with one attached hydrogen (secondary N) is 3. The molecule has 0 saturated heterocycles. The van der Waals surface area contributed by atoms with Crippen LogP contribution in [0.25, 0.3) is 11.4 Å². The van der Waals surface area contributed by atoms with Gasteiger partial charge in [0.25, 0.3) is 0 Å². The normalized spacial score (nSPS) is 12.3. The van der Waals surface area contributed by atoms with Crippen LogP contribution in [0.15, 0.2) is 33.6 Å². The van der Waals surface area contributed by atoms with E-state index in [2.05, 4.69) is 25.3 Å². The second-order valence-corrected chi connectivity index (χ2v) is 6.38. The Morgan fingerprint density at radius 1 is 1.24 bits per heavy atom. The molecule has 0 aliphatic heterocycles. The van der Waals surface area contributed by atoms with Crippen molar-refractivity contribution in [1.29, 1.82) is 0 Å². The average Bonchev–Trinajstić information content (AvgIpc) is 2.92. The van der Waals surface area contributed by atoms with Crippen LogP contribution in [0.3, 0.4) is 0 Å². The Hall–Kier alpha value is -3.10. The highest BCUT2D eigenvalue weighted by Gasteiger charge is 2.21. The van der Waals surface area contributed by atoms with Crippen LogP contribution in [-0.4, -0.2) is 33.8 Å². The number of anilines is 1. The molecule has 0 aliphatic rings. The number of hydrogen-bond acceptors (Lipinski definition) is 6. The summed E-state index contributed by atoms with van der Waals surface area (Å²) in [6.45, 7) is 6.76. The van der Waals surface area contributed by atoms with E-state index < -0.39 is 29.4 Å². The van der Waals surface area contributed by atoms with Gasteiger partial charge < -0.3 is 15.4 Å². The second-order valence-electron chi connectivity index (χ2n) is 6.38. The molecular formula is C16H20N4O5. The summed E-state index contributed by atoms with van der Waals surface area (Å²) in [5.41, 5.74) is 0.513. The number of rotatable bonds is 4. The van der Waals surface area contributed by atoms with Crippen LogP contribution < -0.4 is 16.4 Å². The second kappa shape index (κ2) is 7.20. The Bertz CT molecular complexity index is 801. The lowest BCUT2D eigenvalue weighted by Crippen LogP contribution is -2.43. The quantitative estimate of drug-likeness (QED) is 0.774. The zero-order valence-corrected chi connectivity index (χ0v) is 14.4. The Balaban J connectivity index is 1.93. The highest BCUT2D eigenvalue weighted by Crippen LogP contribution is 2.17. The minimum atomic E-state index is -0.776. The fourth-order valence-corrected chi connectivity index (χ4v) is 1.87. The third-order valence-corrected chi connectivity index (χ3v) is 2.99. The first-order valence-electron chi connectivity index (χ1n) is 7.61. The third kappa shape index (κ3) is 5.48. The molecule has 9 heteroatoms. The van der Waals surface area contributed by atoms with E-state index in [0.29, 0.717) is 17.1 Å². The highest BCUT2D eigenvalue weighted by molar-refractivity contribution is 5.96. The maximum Gasteiger partial charge on any atom is 0.439 e. The molecule has 3 N–H and O–H groups in total. The fraction of sp³-hybridized carbons (Fsp3) is 0.375. The number of benzene rings is 1. The number of hydrogen-bond donors (Lipinski definition) is 3. The first-order valence-corrected chi connectivity index (χ1v) is 7.61. The molecule has 1 unspecified atom stereocenters. The summed E-state index contributed by atoms with van der Waals surface area (Å²) in [5.74, 6) is -0.745. The van der Waals surface area contributed by atoms with Gasteiger partial charge in [0.2, 0.25) is 5.91 Å². The van der Waals surface area contributed by atoms with Gasteiger partial charge in [0, 0.05) is 11.3 Å². The van der Waals surface area contributed by atoms with E-state index in [4.69, 9.17) is 4.74 Å². The maximum absolute atomic E-state index is 12.1. The van der Waals surface area contributed by atoms with E-state index in [-0.39, 0.29) is 0 Å². The van der Waals surface area contributed by atoms with E-state index in [1.54, 1.807) is 52.0 Å². The maximum atomic E-state index is 12.1. The van der Waals surface area contributed by atoms with E-state index in [1.165, 1.54) is 0 Å². The summed E-state index contributed by atoms with van der Waals surface area (Å²) >= 11 is 0. The fourth-order valence-electron chi connectivity index (χ4n) is 1.87. The molecule has 134 valence electrons. The number of aromatic amines is 1. The van der Waals surface area contributed by atoms with Gasteiger partial charge >= 0.3 is 11.8 Å². The van der Waals surface area contributed by atoms with E-state index in [1.807, 2.05) is 0 Å². The molecule has 1 heterocycles. The summed E-state index contributed by atoms with van der Waals surface area (Å²) in [6, 6.07) is 5.83. The van der Waals surface area contributed by atoms with Crippen molar-refractivity contribution >= 4 is 17.7 Å². The number of carbonyl (C=O) groups excluding carboxylic acids is 2. The first kappa shape index (κ1) is 18.2. The predicted octanol–water partition coefficient (Wildman–Crippen LogP) is 1.88. The zero-order valence-electron chi connectivity index (χ0n) is 14.4. The molecular weight excluding hydrogens is 328 g/mol. The summed E-state index contributed by atoms with van der Waals surface area (Å²) in [5, 5.41) is 8.70. The molecule has 0 radical (unpaired) electrons. The molecule has 0 aliphatic carbocycles. The first-order chi connectivity index (χ1) is 11.6. The molecule has 1 atom stereocenters. The molecule has 25 heavy (non-hydrogen) atoms.